The van der Waals surface area contributed by atoms with Gasteiger partial charge in [-0.15, -0.1) is 0 Å². The van der Waals surface area contributed by atoms with Gasteiger partial charge in [-0.25, -0.2) is 4.98 Å². The maximum absolute atomic E-state index is 5.58. The molecule has 1 aromatic rings. The maximum atomic E-state index is 5.58. The standard InChI is InChI=1S/C10H16N4S/c1-10(4-2-6-15-10)7-13-9-12-5-3-8(11)14-9/h3,5H,2,4,6-7H2,1H3,(H3,11,12,13,14). The predicted octanol–water partition coefficient (Wildman–Crippen LogP) is 1.76. The zero-order valence-corrected chi connectivity index (χ0v) is 9.68. The summed E-state index contributed by atoms with van der Waals surface area (Å²) in [6.07, 6.45) is 4.24. The number of anilines is 2. The molecule has 3 N–H and O–H groups in total. The lowest BCUT2D eigenvalue weighted by molar-refractivity contribution is 0.632. The Morgan fingerprint density at radius 3 is 3.20 bits per heavy atom. The highest BCUT2D eigenvalue weighted by Gasteiger charge is 2.29. The van der Waals surface area contributed by atoms with Gasteiger partial charge in [0.2, 0.25) is 5.95 Å². The molecule has 1 fully saturated rings. The number of hydrogen-bond acceptors (Lipinski definition) is 5. The average Bonchev–Trinajstić information content (AvgIpc) is 2.63. The van der Waals surface area contributed by atoms with Crippen molar-refractivity contribution < 1.29 is 0 Å². The fraction of sp³-hybridized carbons (Fsp3) is 0.600. The number of nitrogen functional groups attached to an aromatic ring is 1. The zero-order valence-electron chi connectivity index (χ0n) is 8.86. The van der Waals surface area contributed by atoms with E-state index in [4.69, 9.17) is 5.73 Å². The van der Waals surface area contributed by atoms with E-state index in [-0.39, 0.29) is 0 Å². The molecule has 15 heavy (non-hydrogen) atoms. The summed E-state index contributed by atoms with van der Waals surface area (Å²) in [5.74, 6) is 2.40. The van der Waals surface area contributed by atoms with Crippen LogP contribution in [0.4, 0.5) is 11.8 Å². The third kappa shape index (κ3) is 2.75. The molecule has 0 saturated carbocycles. The fourth-order valence-corrected chi connectivity index (χ4v) is 2.94. The smallest absolute Gasteiger partial charge is 0.224 e. The molecule has 1 aromatic heterocycles. The van der Waals surface area contributed by atoms with Crippen LogP contribution in [0.5, 0.6) is 0 Å². The predicted molar refractivity (Wildman–Crippen MR) is 65.0 cm³/mol. The van der Waals surface area contributed by atoms with E-state index in [2.05, 4.69) is 22.2 Å². The summed E-state index contributed by atoms with van der Waals surface area (Å²) in [6, 6.07) is 1.69. The quantitative estimate of drug-likeness (QED) is 0.819. The fourth-order valence-electron chi connectivity index (χ4n) is 1.70. The second-order valence-corrected chi connectivity index (χ2v) is 5.74. The minimum atomic E-state index is 0.327. The number of thioether (sulfide) groups is 1. The molecule has 4 nitrogen and oxygen atoms in total. The van der Waals surface area contributed by atoms with E-state index < -0.39 is 0 Å². The van der Waals surface area contributed by atoms with Crippen molar-refractivity contribution in [3.05, 3.63) is 12.3 Å². The number of aromatic nitrogens is 2. The van der Waals surface area contributed by atoms with Crippen LogP contribution >= 0.6 is 11.8 Å². The van der Waals surface area contributed by atoms with Crippen LogP contribution in [0, 0.1) is 0 Å². The number of nitrogens with one attached hydrogen (secondary N) is 1. The molecule has 2 rings (SSSR count). The van der Waals surface area contributed by atoms with Gasteiger partial charge in [0, 0.05) is 17.5 Å². The Hall–Kier alpha value is -0.970. The normalized spacial score (nSPS) is 25.4. The van der Waals surface area contributed by atoms with Gasteiger partial charge in [-0.3, -0.25) is 0 Å². The van der Waals surface area contributed by atoms with E-state index in [1.54, 1.807) is 12.3 Å². The molecule has 0 spiro atoms. The lowest BCUT2D eigenvalue weighted by Gasteiger charge is -2.22. The van der Waals surface area contributed by atoms with Crippen molar-refractivity contribution in [1.29, 1.82) is 0 Å². The molecule has 5 heteroatoms. The van der Waals surface area contributed by atoms with Crippen molar-refractivity contribution >= 4 is 23.5 Å². The van der Waals surface area contributed by atoms with Gasteiger partial charge >= 0.3 is 0 Å². The van der Waals surface area contributed by atoms with E-state index >= 15 is 0 Å². The molecule has 1 saturated heterocycles. The van der Waals surface area contributed by atoms with Crippen molar-refractivity contribution in [2.45, 2.75) is 24.5 Å². The molecule has 2 heterocycles. The Morgan fingerprint density at radius 2 is 2.53 bits per heavy atom. The first kappa shape index (κ1) is 10.5. The van der Waals surface area contributed by atoms with Gasteiger partial charge in [-0.05, 0) is 31.6 Å². The monoisotopic (exact) mass is 224 g/mol. The molecule has 1 atom stereocenters. The van der Waals surface area contributed by atoms with Crippen LogP contribution < -0.4 is 11.1 Å². The molecule has 0 radical (unpaired) electrons. The van der Waals surface area contributed by atoms with Crippen molar-refractivity contribution in [2.75, 3.05) is 23.3 Å². The molecule has 1 unspecified atom stereocenters. The van der Waals surface area contributed by atoms with Gasteiger partial charge in [0.15, 0.2) is 0 Å². The van der Waals surface area contributed by atoms with Crippen molar-refractivity contribution in [3.8, 4) is 0 Å². The van der Waals surface area contributed by atoms with Gasteiger partial charge in [-0.1, -0.05) is 0 Å². The van der Waals surface area contributed by atoms with Crippen LogP contribution in [-0.4, -0.2) is 27.0 Å². The molecule has 0 bridgehead atoms. The number of nitrogens with two attached hydrogens (primary N) is 1. The third-order valence-corrected chi connectivity index (χ3v) is 4.14. The molecule has 82 valence electrons. The van der Waals surface area contributed by atoms with Gasteiger partial charge in [0.05, 0.1) is 0 Å². The first-order chi connectivity index (χ1) is 7.18. The Kier molecular flexibility index (Phi) is 3.00. The van der Waals surface area contributed by atoms with Crippen LogP contribution in [0.15, 0.2) is 12.3 Å². The summed E-state index contributed by atoms with van der Waals surface area (Å²) in [4.78, 5) is 8.23. The Morgan fingerprint density at radius 1 is 1.67 bits per heavy atom. The summed E-state index contributed by atoms with van der Waals surface area (Å²) in [5, 5.41) is 3.24. The van der Waals surface area contributed by atoms with E-state index in [1.807, 2.05) is 11.8 Å². The number of nitrogens with zero attached hydrogens (tertiary/aromatic N) is 2. The van der Waals surface area contributed by atoms with Crippen LogP contribution in [0.25, 0.3) is 0 Å². The molecule has 1 aliphatic heterocycles. The second-order valence-electron chi connectivity index (χ2n) is 4.06. The Bertz CT molecular complexity index is 336. The van der Waals surface area contributed by atoms with Crippen molar-refractivity contribution in [2.24, 2.45) is 0 Å². The summed E-state index contributed by atoms with van der Waals surface area (Å²) in [6.45, 7) is 3.19. The first-order valence-corrected chi connectivity index (χ1v) is 6.13. The average molecular weight is 224 g/mol. The van der Waals surface area contributed by atoms with Crippen LogP contribution in [0.3, 0.4) is 0 Å². The highest BCUT2D eigenvalue weighted by Crippen LogP contribution is 2.37. The van der Waals surface area contributed by atoms with Gasteiger partial charge < -0.3 is 11.1 Å². The number of rotatable bonds is 3. The third-order valence-electron chi connectivity index (χ3n) is 2.60. The molecule has 0 aliphatic carbocycles. The topological polar surface area (TPSA) is 63.8 Å². The second kappa shape index (κ2) is 4.26. The lowest BCUT2D eigenvalue weighted by Crippen LogP contribution is -2.27. The number of hydrogen-bond donors (Lipinski definition) is 2. The highest BCUT2D eigenvalue weighted by molar-refractivity contribution is 8.00. The molecular formula is C10H16N4S. The zero-order chi connectivity index (χ0) is 10.7. The van der Waals surface area contributed by atoms with Crippen molar-refractivity contribution in [3.63, 3.8) is 0 Å². The summed E-state index contributed by atoms with van der Waals surface area (Å²) in [5.41, 5.74) is 5.58. The van der Waals surface area contributed by atoms with E-state index in [0.29, 0.717) is 16.5 Å². The first-order valence-electron chi connectivity index (χ1n) is 5.14. The van der Waals surface area contributed by atoms with Crippen LogP contribution in [0.1, 0.15) is 19.8 Å². The molecular weight excluding hydrogens is 208 g/mol. The van der Waals surface area contributed by atoms with Crippen LogP contribution in [-0.2, 0) is 0 Å². The molecule has 0 aromatic carbocycles. The van der Waals surface area contributed by atoms with E-state index in [1.165, 1.54) is 18.6 Å². The van der Waals surface area contributed by atoms with Crippen LogP contribution in [0.2, 0.25) is 0 Å². The minimum absolute atomic E-state index is 0.327. The van der Waals surface area contributed by atoms with Crippen molar-refractivity contribution in [1.82, 2.24) is 9.97 Å². The largest absolute Gasteiger partial charge is 0.384 e. The van der Waals surface area contributed by atoms with Gasteiger partial charge in [0.1, 0.15) is 5.82 Å². The highest BCUT2D eigenvalue weighted by atomic mass is 32.2. The maximum Gasteiger partial charge on any atom is 0.224 e. The van der Waals surface area contributed by atoms with E-state index in [0.717, 1.165) is 6.54 Å². The minimum Gasteiger partial charge on any atom is -0.384 e. The lowest BCUT2D eigenvalue weighted by atomic mass is 10.1. The molecule has 1 aliphatic rings. The molecule has 0 amide bonds. The SMILES string of the molecule is CC1(CNc2nccc(N)n2)CCCS1. The van der Waals surface area contributed by atoms with E-state index in [9.17, 15) is 0 Å². The summed E-state index contributed by atoms with van der Waals surface area (Å²) >= 11 is 2.02. The van der Waals surface area contributed by atoms with Gasteiger partial charge in [0.25, 0.3) is 0 Å². The summed E-state index contributed by atoms with van der Waals surface area (Å²) in [7, 11) is 0. The Balaban J connectivity index is 1.92. The Labute approximate surface area is 94.1 Å². The summed E-state index contributed by atoms with van der Waals surface area (Å²) < 4.78 is 0.327. The van der Waals surface area contributed by atoms with Gasteiger partial charge in [-0.2, -0.15) is 16.7 Å².